The Morgan fingerprint density at radius 1 is 1.24 bits per heavy atom. The normalized spacial score (nSPS) is 12.1. The molecule has 0 aliphatic heterocycles. The average molecular weight is 258 g/mol. The lowest BCUT2D eigenvalue weighted by atomic mass is 10.1. The van der Waals surface area contributed by atoms with E-state index in [1.165, 1.54) is 14.2 Å². The highest BCUT2D eigenvalue weighted by atomic mass is 32.2. The van der Waals surface area contributed by atoms with Gasteiger partial charge in [0.2, 0.25) is 0 Å². The fraction of sp³-hybridized carbons (Fsp3) is 0.455. The Kier molecular flexibility index (Phi) is 3.81. The number of rotatable bonds is 3. The first-order valence-electron chi connectivity index (χ1n) is 5.12. The molecular weight excluding hydrogens is 240 g/mol. The second-order valence-corrected chi connectivity index (χ2v) is 5.83. The Balaban J connectivity index is 3.62. The summed E-state index contributed by atoms with van der Waals surface area (Å²) in [5.74, 6) is 0. The van der Waals surface area contributed by atoms with Crippen LogP contribution in [0.4, 0.5) is 5.69 Å². The van der Waals surface area contributed by atoms with E-state index in [1.54, 1.807) is 19.9 Å². The number of nitrogen functional groups attached to an aromatic ring is 1. The summed E-state index contributed by atoms with van der Waals surface area (Å²) in [6, 6.07) is 1.77. The molecular formula is C11H18N2O3S. The first-order chi connectivity index (χ1) is 7.73. The van der Waals surface area contributed by atoms with Crippen LogP contribution in [0.1, 0.15) is 16.7 Å². The molecule has 0 amide bonds. The van der Waals surface area contributed by atoms with Crippen molar-refractivity contribution < 1.29 is 13.3 Å². The Bertz CT molecular complexity index is 512. The van der Waals surface area contributed by atoms with Crippen LogP contribution in [0.25, 0.3) is 0 Å². The van der Waals surface area contributed by atoms with E-state index in [1.807, 2.05) is 6.92 Å². The number of anilines is 1. The highest BCUT2D eigenvalue weighted by Crippen LogP contribution is 2.29. The van der Waals surface area contributed by atoms with Crippen molar-refractivity contribution in [3.63, 3.8) is 0 Å². The molecule has 0 spiro atoms. The third-order valence-electron chi connectivity index (χ3n) is 2.93. The summed E-state index contributed by atoms with van der Waals surface area (Å²) in [5, 5.41) is 0. The summed E-state index contributed by atoms with van der Waals surface area (Å²) in [7, 11) is -1.00. The zero-order valence-corrected chi connectivity index (χ0v) is 11.6. The first-order valence-corrected chi connectivity index (χ1v) is 6.56. The van der Waals surface area contributed by atoms with Crippen LogP contribution >= 0.6 is 0 Å². The van der Waals surface area contributed by atoms with E-state index in [4.69, 9.17) is 10.6 Å². The zero-order valence-electron chi connectivity index (χ0n) is 10.7. The first kappa shape index (κ1) is 14.0. The maximum atomic E-state index is 12.3. The number of hydrogen-bond donors (Lipinski definition) is 1. The molecule has 0 fully saturated rings. The molecule has 1 aromatic carbocycles. The number of hydrogen-bond acceptors (Lipinski definition) is 4. The number of nitrogens with two attached hydrogens (primary N) is 1. The standard InChI is InChI=1S/C11H18N2O3S/c1-7-6-10(12)9(3)11(8(7)2)17(14,15)13(4)16-5/h6H,12H2,1-5H3. The molecule has 1 rings (SSSR count). The molecule has 0 saturated heterocycles. The van der Waals surface area contributed by atoms with Gasteiger partial charge in [-0.15, -0.1) is 0 Å². The molecule has 0 unspecified atom stereocenters. The van der Waals surface area contributed by atoms with Gasteiger partial charge in [0.1, 0.15) is 0 Å². The molecule has 0 aliphatic rings. The van der Waals surface area contributed by atoms with Crippen molar-refractivity contribution in [1.82, 2.24) is 4.47 Å². The van der Waals surface area contributed by atoms with E-state index in [9.17, 15) is 8.42 Å². The predicted molar refractivity (Wildman–Crippen MR) is 67.0 cm³/mol. The SMILES string of the molecule is CON(C)S(=O)(=O)c1c(C)c(C)cc(N)c1C. The molecule has 6 heteroatoms. The molecule has 96 valence electrons. The minimum absolute atomic E-state index is 0.222. The van der Waals surface area contributed by atoms with E-state index in [0.29, 0.717) is 16.8 Å². The van der Waals surface area contributed by atoms with Crippen molar-refractivity contribution in [2.75, 3.05) is 19.9 Å². The van der Waals surface area contributed by atoms with Gasteiger partial charge in [0.05, 0.1) is 12.0 Å². The monoisotopic (exact) mass is 258 g/mol. The van der Waals surface area contributed by atoms with Gasteiger partial charge in [-0.25, -0.2) is 8.42 Å². The molecule has 0 aromatic heterocycles. The molecule has 5 nitrogen and oxygen atoms in total. The molecule has 0 heterocycles. The quantitative estimate of drug-likeness (QED) is 0.656. The van der Waals surface area contributed by atoms with Gasteiger partial charge >= 0.3 is 0 Å². The lowest BCUT2D eigenvalue weighted by molar-refractivity contribution is -0.0259. The lowest BCUT2D eigenvalue weighted by Crippen LogP contribution is -2.27. The smallest absolute Gasteiger partial charge is 0.265 e. The minimum atomic E-state index is -3.66. The van der Waals surface area contributed by atoms with E-state index >= 15 is 0 Å². The molecule has 0 bridgehead atoms. The number of sulfonamides is 1. The van der Waals surface area contributed by atoms with E-state index < -0.39 is 10.0 Å². The van der Waals surface area contributed by atoms with E-state index in [-0.39, 0.29) is 4.90 Å². The molecule has 2 N–H and O–H groups in total. The molecule has 0 saturated carbocycles. The van der Waals surface area contributed by atoms with Gasteiger partial charge in [-0.3, -0.25) is 4.84 Å². The van der Waals surface area contributed by atoms with Crippen molar-refractivity contribution >= 4 is 15.7 Å². The van der Waals surface area contributed by atoms with Gasteiger partial charge in [-0.05, 0) is 43.5 Å². The van der Waals surface area contributed by atoms with Crippen LogP contribution in [0.3, 0.4) is 0 Å². The Morgan fingerprint density at radius 3 is 2.24 bits per heavy atom. The third-order valence-corrected chi connectivity index (χ3v) is 4.89. The van der Waals surface area contributed by atoms with Gasteiger partial charge in [0.25, 0.3) is 10.0 Å². The third kappa shape index (κ3) is 2.29. The maximum absolute atomic E-state index is 12.3. The van der Waals surface area contributed by atoms with Crippen LogP contribution in [0, 0.1) is 20.8 Å². The summed E-state index contributed by atoms with van der Waals surface area (Å²) in [6.07, 6.45) is 0. The van der Waals surface area contributed by atoms with Crippen LogP contribution in [-0.4, -0.2) is 27.0 Å². The average Bonchev–Trinajstić information content (AvgIpc) is 2.25. The van der Waals surface area contributed by atoms with E-state index in [0.717, 1.165) is 10.0 Å². The second-order valence-electron chi connectivity index (χ2n) is 3.96. The summed E-state index contributed by atoms with van der Waals surface area (Å²) in [4.78, 5) is 4.99. The maximum Gasteiger partial charge on any atom is 0.265 e. The van der Waals surface area contributed by atoms with Crippen molar-refractivity contribution in [3.05, 3.63) is 22.8 Å². The minimum Gasteiger partial charge on any atom is -0.398 e. The number of aryl methyl sites for hydroxylation is 1. The largest absolute Gasteiger partial charge is 0.398 e. The fourth-order valence-corrected chi connectivity index (χ4v) is 3.16. The zero-order chi connectivity index (χ0) is 13.4. The Morgan fingerprint density at radius 2 is 1.76 bits per heavy atom. The molecule has 17 heavy (non-hydrogen) atoms. The lowest BCUT2D eigenvalue weighted by Gasteiger charge is -2.19. The summed E-state index contributed by atoms with van der Waals surface area (Å²) >= 11 is 0. The number of benzene rings is 1. The van der Waals surface area contributed by atoms with Gasteiger partial charge in [0.15, 0.2) is 0 Å². The summed E-state index contributed by atoms with van der Waals surface area (Å²) in [6.45, 7) is 5.28. The summed E-state index contributed by atoms with van der Waals surface area (Å²) < 4.78 is 25.3. The van der Waals surface area contributed by atoms with Crippen molar-refractivity contribution in [2.45, 2.75) is 25.7 Å². The van der Waals surface area contributed by atoms with Crippen LogP contribution < -0.4 is 5.73 Å². The number of hydroxylamine groups is 1. The van der Waals surface area contributed by atoms with Crippen molar-refractivity contribution in [3.8, 4) is 0 Å². The topological polar surface area (TPSA) is 72.6 Å². The van der Waals surface area contributed by atoms with Gasteiger partial charge in [-0.2, -0.15) is 0 Å². The van der Waals surface area contributed by atoms with E-state index in [2.05, 4.69) is 0 Å². The van der Waals surface area contributed by atoms with Crippen LogP contribution in [0.15, 0.2) is 11.0 Å². The fourth-order valence-electron chi connectivity index (χ4n) is 1.65. The molecule has 0 radical (unpaired) electrons. The molecule has 1 aromatic rings. The van der Waals surface area contributed by atoms with Crippen molar-refractivity contribution in [2.24, 2.45) is 0 Å². The van der Waals surface area contributed by atoms with Crippen molar-refractivity contribution in [1.29, 1.82) is 0 Å². The Labute approximate surface area is 102 Å². The van der Waals surface area contributed by atoms with Gasteiger partial charge < -0.3 is 5.73 Å². The highest BCUT2D eigenvalue weighted by molar-refractivity contribution is 7.89. The predicted octanol–water partition coefficient (Wildman–Crippen LogP) is 1.38. The summed E-state index contributed by atoms with van der Waals surface area (Å²) in [5.41, 5.74) is 8.37. The molecule has 0 aliphatic carbocycles. The van der Waals surface area contributed by atoms with Gasteiger partial charge in [-0.1, -0.05) is 4.47 Å². The van der Waals surface area contributed by atoms with Crippen LogP contribution in [-0.2, 0) is 14.9 Å². The highest BCUT2D eigenvalue weighted by Gasteiger charge is 2.26. The van der Waals surface area contributed by atoms with Crippen LogP contribution in [0.5, 0.6) is 0 Å². The second kappa shape index (κ2) is 4.64. The van der Waals surface area contributed by atoms with Crippen LogP contribution in [0.2, 0.25) is 0 Å². The molecule has 0 atom stereocenters. The number of nitrogens with zero attached hydrogens (tertiary/aromatic N) is 1. The van der Waals surface area contributed by atoms with Gasteiger partial charge in [0, 0.05) is 12.7 Å². The Hall–Kier alpha value is -1.11.